The minimum atomic E-state index is 0.749. The summed E-state index contributed by atoms with van der Waals surface area (Å²) in [4.78, 5) is 2.46. The Morgan fingerprint density at radius 3 is 2.30 bits per heavy atom. The van der Waals surface area contributed by atoms with E-state index in [2.05, 4.69) is 17.1 Å². The Bertz CT molecular complexity index is 607. The van der Waals surface area contributed by atoms with E-state index < -0.39 is 0 Å². The molecule has 0 saturated heterocycles. The maximum absolute atomic E-state index is 5.80. The first-order valence-corrected chi connectivity index (χ1v) is 8.23. The summed E-state index contributed by atoms with van der Waals surface area (Å²) in [6.45, 7) is 4.09. The molecule has 0 atom stereocenters. The van der Waals surface area contributed by atoms with Gasteiger partial charge in [-0.15, -0.1) is 0 Å². The van der Waals surface area contributed by atoms with Gasteiger partial charge in [0.1, 0.15) is 17.2 Å². The van der Waals surface area contributed by atoms with Crippen LogP contribution < -0.4 is 9.47 Å². The van der Waals surface area contributed by atoms with Crippen LogP contribution in [0.4, 0.5) is 0 Å². The standard InChI is InChI=1S/C20H23NO2/c1-3-8-19(9-4-1)23-20-12-10-18(11-13-20)22-17-7-16-21-14-5-2-6-15-21/h1-5,8-13H,6-7,14-17H2. The van der Waals surface area contributed by atoms with E-state index in [-0.39, 0.29) is 0 Å². The van der Waals surface area contributed by atoms with Gasteiger partial charge >= 0.3 is 0 Å². The summed E-state index contributed by atoms with van der Waals surface area (Å²) in [5, 5.41) is 0. The van der Waals surface area contributed by atoms with Gasteiger partial charge in [-0.3, -0.25) is 4.90 Å². The third kappa shape index (κ3) is 5.15. The predicted octanol–water partition coefficient (Wildman–Crippen LogP) is 4.51. The first-order valence-electron chi connectivity index (χ1n) is 8.23. The average Bonchev–Trinajstić information content (AvgIpc) is 2.62. The number of nitrogens with zero attached hydrogens (tertiary/aromatic N) is 1. The van der Waals surface area contributed by atoms with E-state index in [0.29, 0.717) is 0 Å². The maximum atomic E-state index is 5.80. The lowest BCUT2D eigenvalue weighted by molar-refractivity contribution is 0.247. The summed E-state index contributed by atoms with van der Waals surface area (Å²) in [5.74, 6) is 2.56. The Morgan fingerprint density at radius 2 is 1.57 bits per heavy atom. The van der Waals surface area contributed by atoms with E-state index >= 15 is 0 Å². The molecule has 0 N–H and O–H groups in total. The van der Waals surface area contributed by atoms with Crippen LogP contribution in [0.1, 0.15) is 12.8 Å². The molecule has 0 bridgehead atoms. The fourth-order valence-corrected chi connectivity index (χ4v) is 2.60. The second-order valence-electron chi connectivity index (χ2n) is 5.65. The lowest BCUT2D eigenvalue weighted by Crippen LogP contribution is -2.29. The van der Waals surface area contributed by atoms with Crippen molar-refractivity contribution in [3.05, 3.63) is 66.7 Å². The second-order valence-corrected chi connectivity index (χ2v) is 5.65. The van der Waals surface area contributed by atoms with Crippen LogP contribution in [-0.4, -0.2) is 31.1 Å². The minimum absolute atomic E-state index is 0.749. The molecule has 120 valence electrons. The van der Waals surface area contributed by atoms with Crippen molar-refractivity contribution in [1.82, 2.24) is 4.90 Å². The van der Waals surface area contributed by atoms with Gasteiger partial charge in [0.15, 0.2) is 0 Å². The van der Waals surface area contributed by atoms with Crippen molar-refractivity contribution in [2.45, 2.75) is 12.8 Å². The molecule has 1 aliphatic rings. The molecule has 0 aromatic heterocycles. The van der Waals surface area contributed by atoms with E-state index in [4.69, 9.17) is 9.47 Å². The van der Waals surface area contributed by atoms with Gasteiger partial charge in [-0.05, 0) is 49.2 Å². The van der Waals surface area contributed by atoms with Gasteiger partial charge in [0, 0.05) is 19.6 Å². The molecule has 1 heterocycles. The van der Waals surface area contributed by atoms with Gasteiger partial charge < -0.3 is 9.47 Å². The van der Waals surface area contributed by atoms with Crippen LogP contribution in [0.2, 0.25) is 0 Å². The first-order chi connectivity index (χ1) is 11.4. The number of benzene rings is 2. The molecule has 3 heteroatoms. The molecule has 3 rings (SSSR count). The van der Waals surface area contributed by atoms with Gasteiger partial charge in [0.05, 0.1) is 6.61 Å². The van der Waals surface area contributed by atoms with Gasteiger partial charge in [-0.2, -0.15) is 0 Å². The highest BCUT2D eigenvalue weighted by Crippen LogP contribution is 2.23. The van der Waals surface area contributed by atoms with Crippen molar-refractivity contribution >= 4 is 0 Å². The van der Waals surface area contributed by atoms with Crippen LogP contribution in [0.5, 0.6) is 17.2 Å². The highest BCUT2D eigenvalue weighted by Gasteiger charge is 2.05. The Labute approximate surface area is 138 Å². The maximum Gasteiger partial charge on any atom is 0.127 e. The fourth-order valence-electron chi connectivity index (χ4n) is 2.60. The molecule has 1 aliphatic heterocycles. The molecule has 2 aromatic carbocycles. The largest absolute Gasteiger partial charge is 0.494 e. The number of ether oxygens (including phenoxy) is 2. The zero-order valence-electron chi connectivity index (χ0n) is 13.4. The minimum Gasteiger partial charge on any atom is -0.494 e. The summed E-state index contributed by atoms with van der Waals surface area (Å²) >= 11 is 0. The molecule has 23 heavy (non-hydrogen) atoms. The zero-order valence-corrected chi connectivity index (χ0v) is 13.4. The van der Waals surface area contributed by atoms with Gasteiger partial charge in [0.25, 0.3) is 0 Å². The third-order valence-corrected chi connectivity index (χ3v) is 3.83. The molecule has 0 saturated carbocycles. The molecular formula is C20H23NO2. The lowest BCUT2D eigenvalue weighted by Gasteiger charge is -2.22. The van der Waals surface area contributed by atoms with Crippen LogP contribution in [0.3, 0.4) is 0 Å². The van der Waals surface area contributed by atoms with Crippen molar-refractivity contribution in [3.8, 4) is 17.2 Å². The SMILES string of the molecule is C1=CCN(CCCOc2ccc(Oc3ccccc3)cc2)CC1. The van der Waals surface area contributed by atoms with Crippen LogP contribution in [0, 0.1) is 0 Å². The van der Waals surface area contributed by atoms with E-state index in [1.54, 1.807) is 0 Å². The predicted molar refractivity (Wildman–Crippen MR) is 93.3 cm³/mol. The van der Waals surface area contributed by atoms with Gasteiger partial charge in [0.2, 0.25) is 0 Å². The summed E-state index contributed by atoms with van der Waals surface area (Å²) in [6.07, 6.45) is 6.72. The molecule has 0 aliphatic carbocycles. The fraction of sp³-hybridized carbons (Fsp3) is 0.300. The summed E-state index contributed by atoms with van der Waals surface area (Å²) < 4.78 is 11.6. The highest BCUT2D eigenvalue weighted by atomic mass is 16.5. The Hall–Kier alpha value is -2.26. The summed E-state index contributed by atoms with van der Waals surface area (Å²) in [7, 11) is 0. The monoisotopic (exact) mass is 309 g/mol. The number of rotatable bonds is 7. The molecule has 0 spiro atoms. The topological polar surface area (TPSA) is 21.7 Å². The van der Waals surface area contributed by atoms with Crippen molar-refractivity contribution in [1.29, 1.82) is 0 Å². The molecule has 3 nitrogen and oxygen atoms in total. The molecular weight excluding hydrogens is 286 g/mol. The molecule has 0 fully saturated rings. The molecule has 0 amide bonds. The number of para-hydroxylation sites is 1. The van der Waals surface area contributed by atoms with Gasteiger partial charge in [-0.1, -0.05) is 30.4 Å². The van der Waals surface area contributed by atoms with Crippen LogP contribution in [0.15, 0.2) is 66.7 Å². The average molecular weight is 309 g/mol. The molecule has 0 radical (unpaired) electrons. The van der Waals surface area contributed by atoms with Crippen molar-refractivity contribution < 1.29 is 9.47 Å². The third-order valence-electron chi connectivity index (χ3n) is 3.83. The lowest BCUT2D eigenvalue weighted by atomic mass is 10.2. The van der Waals surface area contributed by atoms with Gasteiger partial charge in [-0.25, -0.2) is 0 Å². The summed E-state index contributed by atoms with van der Waals surface area (Å²) in [6, 6.07) is 17.6. The van der Waals surface area contributed by atoms with Crippen LogP contribution in [-0.2, 0) is 0 Å². The Balaban J connectivity index is 1.40. The Morgan fingerprint density at radius 1 is 0.826 bits per heavy atom. The normalized spacial score (nSPS) is 14.6. The van der Waals surface area contributed by atoms with E-state index in [0.717, 1.165) is 43.4 Å². The first kappa shape index (κ1) is 15.6. The zero-order chi connectivity index (χ0) is 15.7. The van der Waals surface area contributed by atoms with E-state index in [1.807, 2.05) is 54.6 Å². The molecule has 2 aromatic rings. The number of hydrogen-bond acceptors (Lipinski definition) is 3. The van der Waals surface area contributed by atoms with Crippen LogP contribution in [0.25, 0.3) is 0 Å². The van der Waals surface area contributed by atoms with Crippen molar-refractivity contribution in [3.63, 3.8) is 0 Å². The van der Waals surface area contributed by atoms with E-state index in [9.17, 15) is 0 Å². The second kappa shape index (κ2) is 8.39. The van der Waals surface area contributed by atoms with Crippen molar-refractivity contribution in [2.75, 3.05) is 26.2 Å². The van der Waals surface area contributed by atoms with Crippen molar-refractivity contribution in [2.24, 2.45) is 0 Å². The van der Waals surface area contributed by atoms with E-state index in [1.165, 1.54) is 13.0 Å². The Kier molecular flexibility index (Phi) is 5.70. The quantitative estimate of drug-likeness (QED) is 0.555. The van der Waals surface area contributed by atoms with Crippen LogP contribution >= 0.6 is 0 Å². The molecule has 0 unspecified atom stereocenters. The summed E-state index contributed by atoms with van der Waals surface area (Å²) in [5.41, 5.74) is 0. The smallest absolute Gasteiger partial charge is 0.127 e. The number of hydrogen-bond donors (Lipinski definition) is 0. The highest BCUT2D eigenvalue weighted by molar-refractivity contribution is 5.35.